The number of benzene rings is 1. The molecule has 0 bridgehead atoms. The Morgan fingerprint density at radius 1 is 1.39 bits per heavy atom. The number of carbonyl (C=O) groups excluding carboxylic acids is 2. The van der Waals surface area contributed by atoms with Gasteiger partial charge in [-0.15, -0.1) is 0 Å². The zero-order valence-corrected chi connectivity index (χ0v) is 10.7. The third kappa shape index (κ3) is 4.60. The monoisotopic (exact) mass is 270 g/mol. The molecule has 0 saturated carbocycles. The summed E-state index contributed by atoms with van der Waals surface area (Å²) >= 11 is 5.76. The molecule has 0 unspecified atom stereocenters. The number of nitrogen functional groups attached to an aromatic ring is 1. The number of hydrogen-bond donors (Lipinski definition) is 3. The van der Waals surface area contributed by atoms with Gasteiger partial charge in [-0.3, -0.25) is 14.5 Å². The number of likely N-dealkylation sites (N-methyl/N-ethyl adjacent to an activating group) is 1. The van der Waals surface area contributed by atoms with Gasteiger partial charge in [-0.25, -0.2) is 0 Å². The van der Waals surface area contributed by atoms with E-state index < -0.39 is 5.91 Å². The number of amides is 2. The maximum atomic E-state index is 11.6. The summed E-state index contributed by atoms with van der Waals surface area (Å²) in [7, 11) is 1.63. The topological polar surface area (TPSA) is 101 Å². The standard InChI is InChI=1S/C11H15ClN4O2/c1-16(5-10(14)17)6-11(18)15-7-2-3-8(12)9(13)4-7/h2-4H,5-6,13H2,1H3,(H2,14,17)(H,15,18). The van der Waals surface area contributed by atoms with Crippen LogP contribution in [0.5, 0.6) is 0 Å². The minimum atomic E-state index is -0.485. The van der Waals surface area contributed by atoms with Gasteiger partial charge in [0.1, 0.15) is 0 Å². The summed E-state index contributed by atoms with van der Waals surface area (Å²) in [6, 6.07) is 4.80. The van der Waals surface area contributed by atoms with E-state index in [4.69, 9.17) is 23.1 Å². The molecule has 1 rings (SSSR count). The van der Waals surface area contributed by atoms with Crippen LogP contribution in [0.1, 0.15) is 0 Å². The predicted molar refractivity (Wildman–Crippen MR) is 71.2 cm³/mol. The lowest BCUT2D eigenvalue weighted by molar-refractivity contribution is -0.120. The zero-order chi connectivity index (χ0) is 13.7. The third-order valence-corrected chi connectivity index (χ3v) is 2.46. The molecule has 7 heteroatoms. The number of nitrogens with one attached hydrogen (secondary N) is 1. The minimum absolute atomic E-state index is 0.0240. The lowest BCUT2D eigenvalue weighted by Crippen LogP contribution is -2.36. The van der Waals surface area contributed by atoms with Gasteiger partial charge < -0.3 is 16.8 Å². The van der Waals surface area contributed by atoms with E-state index >= 15 is 0 Å². The largest absolute Gasteiger partial charge is 0.397 e. The van der Waals surface area contributed by atoms with Crippen molar-refractivity contribution in [3.63, 3.8) is 0 Å². The molecule has 98 valence electrons. The first-order chi connectivity index (χ1) is 8.38. The molecule has 6 nitrogen and oxygen atoms in total. The molecule has 0 aromatic heterocycles. The number of anilines is 2. The van der Waals surface area contributed by atoms with Crippen molar-refractivity contribution < 1.29 is 9.59 Å². The maximum absolute atomic E-state index is 11.6. The van der Waals surface area contributed by atoms with Crippen molar-refractivity contribution >= 4 is 34.8 Å². The van der Waals surface area contributed by atoms with Gasteiger partial charge in [0.05, 0.1) is 23.8 Å². The Balaban J connectivity index is 2.54. The highest BCUT2D eigenvalue weighted by atomic mass is 35.5. The number of halogens is 1. The summed E-state index contributed by atoms with van der Waals surface area (Å²) in [6.07, 6.45) is 0. The van der Waals surface area contributed by atoms with Crippen LogP contribution in [0.2, 0.25) is 5.02 Å². The first-order valence-electron chi connectivity index (χ1n) is 5.20. The lowest BCUT2D eigenvalue weighted by Gasteiger charge is -2.14. The van der Waals surface area contributed by atoms with Crippen molar-refractivity contribution in [3.05, 3.63) is 23.2 Å². The van der Waals surface area contributed by atoms with Crippen LogP contribution in [0.4, 0.5) is 11.4 Å². The van der Waals surface area contributed by atoms with Crippen molar-refractivity contribution in [1.29, 1.82) is 0 Å². The van der Waals surface area contributed by atoms with Crippen LogP contribution in [0.3, 0.4) is 0 Å². The highest BCUT2D eigenvalue weighted by Crippen LogP contribution is 2.22. The number of hydrogen-bond acceptors (Lipinski definition) is 4. The van der Waals surface area contributed by atoms with E-state index in [1.807, 2.05) is 0 Å². The van der Waals surface area contributed by atoms with E-state index in [1.165, 1.54) is 4.90 Å². The molecule has 0 spiro atoms. The fraction of sp³-hybridized carbons (Fsp3) is 0.273. The highest BCUT2D eigenvalue weighted by Gasteiger charge is 2.09. The van der Waals surface area contributed by atoms with Gasteiger partial charge in [0.25, 0.3) is 0 Å². The average molecular weight is 271 g/mol. The summed E-state index contributed by atoms with van der Waals surface area (Å²) in [6.45, 7) is 0.0850. The van der Waals surface area contributed by atoms with Gasteiger partial charge in [-0.05, 0) is 25.2 Å². The molecule has 1 aromatic carbocycles. The Morgan fingerprint density at radius 2 is 2.06 bits per heavy atom. The smallest absolute Gasteiger partial charge is 0.238 e. The first kappa shape index (κ1) is 14.3. The number of nitrogens with zero attached hydrogens (tertiary/aromatic N) is 1. The van der Waals surface area contributed by atoms with Gasteiger partial charge >= 0.3 is 0 Å². The molecule has 0 aliphatic rings. The Kier molecular flexibility index (Phi) is 4.94. The summed E-state index contributed by atoms with van der Waals surface area (Å²) < 4.78 is 0. The molecule has 5 N–H and O–H groups in total. The quantitative estimate of drug-likeness (QED) is 0.669. The van der Waals surface area contributed by atoms with Crippen LogP contribution in [0.25, 0.3) is 0 Å². The second-order valence-electron chi connectivity index (χ2n) is 3.92. The lowest BCUT2D eigenvalue weighted by atomic mass is 10.3. The van der Waals surface area contributed by atoms with Crippen LogP contribution >= 0.6 is 11.6 Å². The second-order valence-corrected chi connectivity index (χ2v) is 4.33. The van der Waals surface area contributed by atoms with Crippen molar-refractivity contribution in [3.8, 4) is 0 Å². The molecule has 0 atom stereocenters. The molecule has 0 radical (unpaired) electrons. The fourth-order valence-electron chi connectivity index (χ4n) is 1.39. The van der Waals surface area contributed by atoms with Crippen LogP contribution in [0.15, 0.2) is 18.2 Å². The molecule has 0 saturated heterocycles. The highest BCUT2D eigenvalue weighted by molar-refractivity contribution is 6.33. The van der Waals surface area contributed by atoms with Gasteiger partial charge in [-0.2, -0.15) is 0 Å². The summed E-state index contributed by atoms with van der Waals surface area (Å²) in [4.78, 5) is 23.8. The second kappa shape index (κ2) is 6.23. The van der Waals surface area contributed by atoms with Crippen molar-refractivity contribution in [2.75, 3.05) is 31.2 Å². The third-order valence-electron chi connectivity index (χ3n) is 2.12. The van der Waals surface area contributed by atoms with Gasteiger partial charge in [-0.1, -0.05) is 11.6 Å². The predicted octanol–water partition coefficient (Wildman–Crippen LogP) is 0.278. The Hall–Kier alpha value is -1.79. The minimum Gasteiger partial charge on any atom is -0.397 e. The van der Waals surface area contributed by atoms with Crippen LogP contribution in [-0.4, -0.2) is 36.9 Å². The number of carbonyl (C=O) groups is 2. The molecule has 0 heterocycles. The molecule has 0 aliphatic carbocycles. The Bertz CT molecular complexity index is 464. The van der Waals surface area contributed by atoms with Crippen LogP contribution in [-0.2, 0) is 9.59 Å². The van der Waals surface area contributed by atoms with Crippen molar-refractivity contribution in [2.45, 2.75) is 0 Å². The summed E-state index contributed by atoms with van der Waals surface area (Å²) in [5, 5.41) is 3.07. The van der Waals surface area contributed by atoms with Crippen molar-refractivity contribution in [2.24, 2.45) is 5.73 Å². The van der Waals surface area contributed by atoms with Crippen LogP contribution < -0.4 is 16.8 Å². The summed E-state index contributed by atoms with van der Waals surface area (Å²) in [5.74, 6) is -0.749. The molecule has 0 fully saturated rings. The van der Waals surface area contributed by atoms with Crippen LogP contribution in [0, 0.1) is 0 Å². The SMILES string of the molecule is CN(CC(N)=O)CC(=O)Nc1ccc(Cl)c(N)c1. The van der Waals surface area contributed by atoms with E-state index in [-0.39, 0.29) is 19.0 Å². The summed E-state index contributed by atoms with van der Waals surface area (Å²) in [5.41, 5.74) is 11.6. The molecule has 18 heavy (non-hydrogen) atoms. The molecule has 0 aliphatic heterocycles. The number of primary amides is 1. The van der Waals surface area contributed by atoms with E-state index in [1.54, 1.807) is 25.2 Å². The van der Waals surface area contributed by atoms with E-state index in [9.17, 15) is 9.59 Å². The van der Waals surface area contributed by atoms with E-state index in [0.29, 0.717) is 16.4 Å². The average Bonchev–Trinajstić information content (AvgIpc) is 2.21. The molecular formula is C11H15ClN4O2. The maximum Gasteiger partial charge on any atom is 0.238 e. The van der Waals surface area contributed by atoms with Gasteiger partial charge in [0, 0.05) is 5.69 Å². The fourth-order valence-corrected chi connectivity index (χ4v) is 1.51. The number of nitrogens with two attached hydrogens (primary N) is 2. The van der Waals surface area contributed by atoms with Gasteiger partial charge in [0.15, 0.2) is 0 Å². The molecule has 1 aromatic rings. The molecule has 2 amide bonds. The number of rotatable bonds is 5. The van der Waals surface area contributed by atoms with E-state index in [0.717, 1.165) is 0 Å². The Morgan fingerprint density at radius 3 is 2.61 bits per heavy atom. The van der Waals surface area contributed by atoms with Crippen molar-refractivity contribution in [1.82, 2.24) is 4.90 Å². The Labute approximate surface area is 110 Å². The normalized spacial score (nSPS) is 10.4. The first-order valence-corrected chi connectivity index (χ1v) is 5.58. The molecular weight excluding hydrogens is 256 g/mol. The van der Waals surface area contributed by atoms with Gasteiger partial charge in [0.2, 0.25) is 11.8 Å². The zero-order valence-electron chi connectivity index (χ0n) is 9.94. The van der Waals surface area contributed by atoms with E-state index in [2.05, 4.69) is 5.32 Å².